The number of nitrogens with zero attached hydrogens (tertiary/aromatic N) is 2. The molecule has 3 rings (SSSR count). The van der Waals surface area contributed by atoms with Gasteiger partial charge in [0.25, 0.3) is 0 Å². The van der Waals surface area contributed by atoms with Gasteiger partial charge in [-0.05, 0) is 48.9 Å². The predicted octanol–water partition coefficient (Wildman–Crippen LogP) is 5.27. The van der Waals surface area contributed by atoms with Crippen molar-refractivity contribution >= 4 is 56.2 Å². The third-order valence-corrected chi connectivity index (χ3v) is 4.21. The van der Waals surface area contributed by atoms with E-state index in [0.717, 1.165) is 21.4 Å². The van der Waals surface area contributed by atoms with E-state index in [9.17, 15) is 0 Å². The van der Waals surface area contributed by atoms with Crippen LogP contribution in [0.15, 0.2) is 53.3 Å². The monoisotopic (exact) mass is 403 g/mol. The Hall–Kier alpha value is -2.31. The van der Waals surface area contributed by atoms with Gasteiger partial charge in [-0.1, -0.05) is 33.6 Å². The maximum Gasteiger partial charge on any atom is 0.159 e. The van der Waals surface area contributed by atoms with E-state index >= 15 is 0 Å². The molecule has 0 aliphatic rings. The predicted molar refractivity (Wildman–Crippen MR) is 103 cm³/mol. The molecule has 0 saturated heterocycles. The van der Waals surface area contributed by atoms with Gasteiger partial charge < -0.3 is 16.4 Å². The SMILES string of the molecule is Cc1ccc(Cl)cc1Nc1ncnc(Nc2ccc(Br)cc2)c1N. The van der Waals surface area contributed by atoms with Crippen LogP contribution >= 0.6 is 27.5 Å². The van der Waals surface area contributed by atoms with Gasteiger partial charge in [-0.25, -0.2) is 9.97 Å². The minimum atomic E-state index is 0.430. The van der Waals surface area contributed by atoms with Crippen molar-refractivity contribution < 1.29 is 0 Å². The maximum absolute atomic E-state index is 6.20. The summed E-state index contributed by atoms with van der Waals surface area (Å²) < 4.78 is 1.00. The molecule has 2 aromatic carbocycles. The average molecular weight is 405 g/mol. The number of hydrogen-bond acceptors (Lipinski definition) is 5. The Labute approximate surface area is 153 Å². The highest BCUT2D eigenvalue weighted by atomic mass is 79.9. The van der Waals surface area contributed by atoms with Gasteiger partial charge in [-0.15, -0.1) is 0 Å². The highest BCUT2D eigenvalue weighted by Crippen LogP contribution is 2.30. The molecule has 0 saturated carbocycles. The van der Waals surface area contributed by atoms with E-state index in [4.69, 9.17) is 17.3 Å². The highest BCUT2D eigenvalue weighted by Gasteiger charge is 2.10. The van der Waals surface area contributed by atoms with Gasteiger partial charge in [-0.2, -0.15) is 0 Å². The van der Waals surface area contributed by atoms with Crippen molar-refractivity contribution in [2.45, 2.75) is 6.92 Å². The summed E-state index contributed by atoms with van der Waals surface area (Å²) in [5.41, 5.74) is 9.41. The van der Waals surface area contributed by atoms with Crippen LogP contribution in [0.4, 0.5) is 28.7 Å². The van der Waals surface area contributed by atoms with Crippen LogP contribution in [0.25, 0.3) is 0 Å². The number of nitrogen functional groups attached to an aromatic ring is 1. The van der Waals surface area contributed by atoms with Crippen molar-refractivity contribution in [2.75, 3.05) is 16.4 Å². The van der Waals surface area contributed by atoms with E-state index in [1.807, 2.05) is 49.4 Å². The fourth-order valence-corrected chi connectivity index (χ4v) is 2.56. The van der Waals surface area contributed by atoms with Crippen molar-refractivity contribution in [3.8, 4) is 0 Å². The Morgan fingerprint density at radius 2 is 1.67 bits per heavy atom. The quantitative estimate of drug-likeness (QED) is 0.552. The minimum absolute atomic E-state index is 0.430. The second-order valence-corrected chi connectivity index (χ2v) is 6.55. The zero-order valence-corrected chi connectivity index (χ0v) is 15.2. The molecule has 1 aromatic heterocycles. The van der Waals surface area contributed by atoms with Crippen LogP contribution < -0.4 is 16.4 Å². The lowest BCUT2D eigenvalue weighted by atomic mass is 10.2. The second kappa shape index (κ2) is 7.07. The number of aryl methyl sites for hydroxylation is 1. The first-order valence-corrected chi connectivity index (χ1v) is 8.36. The van der Waals surface area contributed by atoms with Crippen molar-refractivity contribution in [2.24, 2.45) is 0 Å². The molecule has 122 valence electrons. The first-order valence-electron chi connectivity index (χ1n) is 7.19. The molecular weight excluding hydrogens is 390 g/mol. The summed E-state index contributed by atoms with van der Waals surface area (Å²) >= 11 is 9.46. The molecule has 7 heteroatoms. The summed E-state index contributed by atoms with van der Waals surface area (Å²) in [4.78, 5) is 8.44. The standard InChI is InChI=1S/C17H15BrClN5/c1-10-2-5-12(19)8-14(10)24-17-15(20)16(21-9-22-17)23-13-6-3-11(18)4-7-13/h2-9H,20H2,1H3,(H2,21,22,23,24). The van der Waals surface area contributed by atoms with Crippen molar-refractivity contribution in [3.05, 3.63) is 63.9 Å². The molecule has 1 heterocycles. The molecule has 0 bridgehead atoms. The Bertz CT molecular complexity index is 867. The molecule has 24 heavy (non-hydrogen) atoms. The summed E-state index contributed by atoms with van der Waals surface area (Å²) in [6.45, 7) is 1.98. The smallest absolute Gasteiger partial charge is 0.159 e. The molecule has 0 atom stereocenters. The molecule has 0 radical (unpaired) electrons. The van der Waals surface area contributed by atoms with Gasteiger partial charge in [0, 0.05) is 20.9 Å². The van der Waals surface area contributed by atoms with Crippen LogP contribution in [0.5, 0.6) is 0 Å². The van der Waals surface area contributed by atoms with Crippen molar-refractivity contribution in [1.82, 2.24) is 9.97 Å². The van der Waals surface area contributed by atoms with Crippen LogP contribution in [0.2, 0.25) is 5.02 Å². The molecule has 5 nitrogen and oxygen atoms in total. The summed E-state index contributed by atoms with van der Waals surface area (Å²) in [7, 11) is 0. The molecule has 4 N–H and O–H groups in total. The summed E-state index contributed by atoms with van der Waals surface area (Å²) in [5, 5.41) is 7.04. The van der Waals surface area contributed by atoms with Gasteiger partial charge >= 0.3 is 0 Å². The van der Waals surface area contributed by atoms with Crippen LogP contribution in [0.3, 0.4) is 0 Å². The number of rotatable bonds is 4. The van der Waals surface area contributed by atoms with Crippen LogP contribution in [0, 0.1) is 6.92 Å². The minimum Gasteiger partial charge on any atom is -0.393 e. The molecule has 0 unspecified atom stereocenters. The van der Waals surface area contributed by atoms with E-state index in [1.54, 1.807) is 0 Å². The molecule has 0 spiro atoms. The molecule has 0 fully saturated rings. The molecule has 0 aliphatic carbocycles. The fourth-order valence-electron chi connectivity index (χ4n) is 2.12. The zero-order chi connectivity index (χ0) is 17.1. The number of anilines is 5. The molecule has 0 amide bonds. The van der Waals surface area contributed by atoms with Gasteiger partial charge in [0.15, 0.2) is 11.6 Å². The van der Waals surface area contributed by atoms with Gasteiger partial charge in [0.2, 0.25) is 0 Å². The normalized spacial score (nSPS) is 10.5. The lowest BCUT2D eigenvalue weighted by Gasteiger charge is -2.14. The number of hydrogen-bond donors (Lipinski definition) is 3. The Morgan fingerprint density at radius 3 is 2.38 bits per heavy atom. The Morgan fingerprint density at radius 1 is 1.00 bits per heavy atom. The number of aromatic nitrogens is 2. The van der Waals surface area contributed by atoms with Crippen LogP contribution in [0.1, 0.15) is 5.56 Å². The van der Waals surface area contributed by atoms with Crippen molar-refractivity contribution in [1.29, 1.82) is 0 Å². The molecule has 0 aliphatic heterocycles. The first-order chi connectivity index (χ1) is 11.5. The third kappa shape index (κ3) is 3.77. The maximum atomic E-state index is 6.20. The number of halogens is 2. The van der Waals surface area contributed by atoms with Crippen LogP contribution in [-0.4, -0.2) is 9.97 Å². The van der Waals surface area contributed by atoms with E-state index in [2.05, 4.69) is 36.5 Å². The van der Waals surface area contributed by atoms with Crippen LogP contribution in [-0.2, 0) is 0 Å². The highest BCUT2D eigenvalue weighted by molar-refractivity contribution is 9.10. The first kappa shape index (κ1) is 16.5. The third-order valence-electron chi connectivity index (χ3n) is 3.44. The topological polar surface area (TPSA) is 75.9 Å². The zero-order valence-electron chi connectivity index (χ0n) is 12.8. The van der Waals surface area contributed by atoms with E-state index < -0.39 is 0 Å². The molecule has 3 aromatic rings. The Balaban J connectivity index is 1.88. The van der Waals surface area contributed by atoms with Gasteiger partial charge in [-0.3, -0.25) is 0 Å². The van der Waals surface area contributed by atoms with Gasteiger partial charge in [0.1, 0.15) is 12.0 Å². The summed E-state index contributed by atoms with van der Waals surface area (Å²) in [6.07, 6.45) is 1.46. The number of nitrogens with two attached hydrogens (primary N) is 1. The fraction of sp³-hybridized carbons (Fsp3) is 0.0588. The van der Waals surface area contributed by atoms with Gasteiger partial charge in [0.05, 0.1) is 0 Å². The largest absolute Gasteiger partial charge is 0.393 e. The Kier molecular flexibility index (Phi) is 4.87. The van der Waals surface area contributed by atoms with E-state index in [1.165, 1.54) is 6.33 Å². The van der Waals surface area contributed by atoms with E-state index in [-0.39, 0.29) is 0 Å². The van der Waals surface area contributed by atoms with E-state index in [0.29, 0.717) is 22.3 Å². The second-order valence-electron chi connectivity index (χ2n) is 5.20. The lowest BCUT2D eigenvalue weighted by molar-refractivity contribution is 1.17. The summed E-state index contributed by atoms with van der Waals surface area (Å²) in [5.74, 6) is 1.06. The lowest BCUT2D eigenvalue weighted by Crippen LogP contribution is -2.05. The summed E-state index contributed by atoms with van der Waals surface area (Å²) in [6, 6.07) is 13.3. The average Bonchev–Trinajstić information content (AvgIpc) is 2.56. The number of nitrogens with one attached hydrogen (secondary N) is 2. The number of benzene rings is 2. The van der Waals surface area contributed by atoms with Crippen molar-refractivity contribution in [3.63, 3.8) is 0 Å². The molecular formula is C17H15BrClN5.